The summed E-state index contributed by atoms with van der Waals surface area (Å²) in [6.07, 6.45) is 3.64. The Balaban J connectivity index is 1.40. The Bertz CT molecular complexity index is 1430. The first-order valence-electron chi connectivity index (χ1n) is 10.6. The minimum absolute atomic E-state index is 0.271. The van der Waals surface area contributed by atoms with Crippen LogP contribution in [0, 0.1) is 13.8 Å². The molecule has 0 radical (unpaired) electrons. The molecule has 3 aromatic heterocycles. The predicted molar refractivity (Wildman–Crippen MR) is 130 cm³/mol. The highest BCUT2D eigenvalue weighted by atomic mass is 16.5. The second-order valence-electron chi connectivity index (χ2n) is 8.11. The Kier molecular flexibility index (Phi) is 4.93. The van der Waals surface area contributed by atoms with Crippen molar-refractivity contribution in [3.8, 4) is 5.75 Å². The van der Waals surface area contributed by atoms with Crippen LogP contribution in [0.1, 0.15) is 22.5 Å². The number of aromatic amines is 2. The Morgan fingerprint density at radius 1 is 1.00 bits per heavy atom. The molecule has 3 heterocycles. The number of fused-ring (bicyclic) bond motifs is 2. The van der Waals surface area contributed by atoms with Crippen LogP contribution in [-0.2, 0) is 12.8 Å². The summed E-state index contributed by atoms with van der Waals surface area (Å²) in [7, 11) is 1.68. The summed E-state index contributed by atoms with van der Waals surface area (Å²) in [5.41, 5.74) is 13.5. The third-order valence-electron chi connectivity index (χ3n) is 5.89. The van der Waals surface area contributed by atoms with Crippen molar-refractivity contribution in [3.05, 3.63) is 71.2 Å². The molecule has 7 heteroatoms. The van der Waals surface area contributed by atoms with E-state index in [1.165, 1.54) is 5.56 Å². The van der Waals surface area contributed by atoms with Crippen LogP contribution in [0.3, 0.4) is 0 Å². The number of nitrogens with two attached hydrogens (primary N) is 1. The lowest BCUT2D eigenvalue weighted by Gasteiger charge is -2.13. The number of nitrogens with zero attached hydrogens (tertiary/aromatic N) is 2. The van der Waals surface area contributed by atoms with Crippen LogP contribution < -0.4 is 15.8 Å². The molecule has 0 aliphatic carbocycles. The van der Waals surface area contributed by atoms with E-state index in [9.17, 15) is 0 Å². The summed E-state index contributed by atoms with van der Waals surface area (Å²) >= 11 is 0. The van der Waals surface area contributed by atoms with Gasteiger partial charge in [0.25, 0.3) is 0 Å². The van der Waals surface area contributed by atoms with Crippen LogP contribution in [-0.4, -0.2) is 27.0 Å². The van der Waals surface area contributed by atoms with Crippen molar-refractivity contribution < 1.29 is 4.74 Å². The standard InChI is InChI=1S/C25H26N6O/c1-14-10-17-11-18(5-8-22(17)28-14)29-24-15(2)21(30-25(26)31-24)7-4-16-13-27-23-9-6-19(32-3)12-20(16)23/h5-6,8-13,27-28H,4,7H2,1-3H3,(H3,26,29,30,31). The van der Waals surface area contributed by atoms with Crippen LogP contribution in [0.15, 0.2) is 48.7 Å². The lowest BCUT2D eigenvalue weighted by molar-refractivity contribution is 0.415. The number of rotatable bonds is 6. The van der Waals surface area contributed by atoms with E-state index < -0.39 is 0 Å². The highest BCUT2D eigenvalue weighted by Crippen LogP contribution is 2.27. The van der Waals surface area contributed by atoms with Crippen molar-refractivity contribution in [2.24, 2.45) is 0 Å². The molecule has 0 saturated heterocycles. The van der Waals surface area contributed by atoms with Crippen LogP contribution in [0.4, 0.5) is 17.5 Å². The van der Waals surface area contributed by atoms with Gasteiger partial charge in [0.05, 0.1) is 12.8 Å². The van der Waals surface area contributed by atoms with Gasteiger partial charge in [0.2, 0.25) is 5.95 Å². The predicted octanol–water partition coefficient (Wildman–Crippen LogP) is 5.18. The number of ether oxygens (including phenoxy) is 1. The molecule has 0 aliphatic rings. The van der Waals surface area contributed by atoms with Crippen molar-refractivity contribution in [2.75, 3.05) is 18.2 Å². The topological polar surface area (TPSA) is 105 Å². The summed E-state index contributed by atoms with van der Waals surface area (Å²) < 4.78 is 5.38. The minimum atomic E-state index is 0.271. The van der Waals surface area contributed by atoms with Crippen molar-refractivity contribution in [2.45, 2.75) is 26.7 Å². The van der Waals surface area contributed by atoms with Crippen LogP contribution in [0.25, 0.3) is 21.8 Å². The monoisotopic (exact) mass is 426 g/mol. The van der Waals surface area contributed by atoms with Gasteiger partial charge in [-0.05, 0) is 74.7 Å². The molecule has 5 rings (SSSR count). The molecule has 2 aromatic carbocycles. The zero-order valence-corrected chi connectivity index (χ0v) is 18.4. The third-order valence-corrected chi connectivity index (χ3v) is 5.89. The molecule has 0 amide bonds. The Labute approximate surface area is 186 Å². The van der Waals surface area contributed by atoms with Gasteiger partial charge < -0.3 is 25.8 Å². The fraction of sp³-hybridized carbons (Fsp3) is 0.200. The zero-order valence-electron chi connectivity index (χ0n) is 18.4. The fourth-order valence-electron chi connectivity index (χ4n) is 4.18. The molecular weight excluding hydrogens is 400 g/mol. The first-order valence-corrected chi connectivity index (χ1v) is 10.6. The van der Waals surface area contributed by atoms with Gasteiger partial charge in [0, 0.05) is 44.9 Å². The van der Waals surface area contributed by atoms with Gasteiger partial charge in [-0.15, -0.1) is 0 Å². The summed E-state index contributed by atoms with van der Waals surface area (Å²) in [4.78, 5) is 15.7. The summed E-state index contributed by atoms with van der Waals surface area (Å²) in [6, 6.07) is 14.4. The second kappa shape index (κ2) is 7.92. The third kappa shape index (κ3) is 3.73. The zero-order chi connectivity index (χ0) is 22.2. The van der Waals surface area contributed by atoms with E-state index in [-0.39, 0.29) is 5.95 Å². The molecule has 162 valence electrons. The largest absolute Gasteiger partial charge is 0.497 e. The number of anilines is 3. The first-order chi connectivity index (χ1) is 15.5. The number of nitrogens with one attached hydrogen (secondary N) is 3. The second-order valence-corrected chi connectivity index (χ2v) is 8.11. The fourth-order valence-corrected chi connectivity index (χ4v) is 4.18. The highest BCUT2D eigenvalue weighted by Gasteiger charge is 2.13. The lowest BCUT2D eigenvalue weighted by atomic mass is 10.0. The van der Waals surface area contributed by atoms with E-state index in [0.29, 0.717) is 0 Å². The average molecular weight is 427 g/mol. The summed E-state index contributed by atoms with van der Waals surface area (Å²) in [5.74, 6) is 1.86. The van der Waals surface area contributed by atoms with Gasteiger partial charge in [0.15, 0.2) is 0 Å². The van der Waals surface area contributed by atoms with Gasteiger partial charge in [-0.25, -0.2) is 4.98 Å². The maximum Gasteiger partial charge on any atom is 0.222 e. The number of hydrogen-bond acceptors (Lipinski definition) is 5. The number of nitrogen functional groups attached to an aromatic ring is 1. The van der Waals surface area contributed by atoms with Gasteiger partial charge in [-0.1, -0.05) is 0 Å². The number of aromatic nitrogens is 4. The molecule has 0 saturated carbocycles. The van der Waals surface area contributed by atoms with Gasteiger partial charge in [0.1, 0.15) is 11.6 Å². The number of aryl methyl sites for hydroxylation is 3. The van der Waals surface area contributed by atoms with E-state index in [0.717, 1.165) is 68.9 Å². The van der Waals surface area contributed by atoms with Crippen LogP contribution in [0.2, 0.25) is 0 Å². The molecule has 0 atom stereocenters. The number of hydrogen-bond donors (Lipinski definition) is 4. The van der Waals surface area contributed by atoms with Crippen molar-refractivity contribution >= 4 is 39.3 Å². The SMILES string of the molecule is COc1ccc2[nH]cc(CCc3nc(N)nc(Nc4ccc5[nH]c(C)cc5c4)c3C)c2c1. The summed E-state index contributed by atoms with van der Waals surface area (Å²) in [6.45, 7) is 4.09. The molecule has 5 aromatic rings. The van der Waals surface area contributed by atoms with E-state index in [4.69, 9.17) is 10.5 Å². The number of methoxy groups -OCH3 is 1. The first kappa shape index (κ1) is 19.9. The molecule has 5 N–H and O–H groups in total. The Morgan fingerprint density at radius 3 is 2.69 bits per heavy atom. The quantitative estimate of drug-likeness (QED) is 0.300. The molecule has 0 unspecified atom stereocenters. The smallest absolute Gasteiger partial charge is 0.222 e. The van der Waals surface area contributed by atoms with Gasteiger partial charge >= 0.3 is 0 Å². The van der Waals surface area contributed by atoms with Crippen LogP contribution in [0.5, 0.6) is 5.75 Å². The Morgan fingerprint density at radius 2 is 1.84 bits per heavy atom. The maximum absolute atomic E-state index is 6.06. The molecule has 0 bridgehead atoms. The molecule has 0 aliphatic heterocycles. The normalized spacial score (nSPS) is 11.3. The van der Waals surface area contributed by atoms with Gasteiger partial charge in [-0.2, -0.15) is 4.98 Å². The number of H-pyrrole nitrogens is 2. The Hall–Kier alpha value is -4.00. The minimum Gasteiger partial charge on any atom is -0.497 e. The molecule has 32 heavy (non-hydrogen) atoms. The molecule has 0 spiro atoms. The molecule has 7 nitrogen and oxygen atoms in total. The molecule has 0 fully saturated rings. The highest BCUT2D eigenvalue weighted by molar-refractivity contribution is 5.85. The van der Waals surface area contributed by atoms with E-state index >= 15 is 0 Å². The van der Waals surface area contributed by atoms with Gasteiger partial charge in [-0.3, -0.25) is 0 Å². The van der Waals surface area contributed by atoms with Crippen molar-refractivity contribution in [1.29, 1.82) is 0 Å². The van der Waals surface area contributed by atoms with E-state index in [1.54, 1.807) is 7.11 Å². The van der Waals surface area contributed by atoms with E-state index in [2.05, 4.69) is 62.6 Å². The lowest BCUT2D eigenvalue weighted by Crippen LogP contribution is -2.08. The molecular formula is C25H26N6O. The maximum atomic E-state index is 6.06. The summed E-state index contributed by atoms with van der Waals surface area (Å²) in [5, 5.41) is 5.74. The van der Waals surface area contributed by atoms with Crippen LogP contribution >= 0.6 is 0 Å². The van der Waals surface area contributed by atoms with Crippen molar-refractivity contribution in [3.63, 3.8) is 0 Å². The number of benzene rings is 2. The average Bonchev–Trinajstić information content (AvgIpc) is 3.36. The van der Waals surface area contributed by atoms with E-state index in [1.807, 2.05) is 25.1 Å². The van der Waals surface area contributed by atoms with Crippen molar-refractivity contribution in [1.82, 2.24) is 19.9 Å².